The van der Waals surface area contributed by atoms with E-state index in [0.717, 1.165) is 12.1 Å². The molecule has 0 aliphatic heterocycles. The summed E-state index contributed by atoms with van der Waals surface area (Å²) in [6.45, 7) is 0. The van der Waals surface area contributed by atoms with Gasteiger partial charge in [0.05, 0.1) is 5.56 Å². The molecule has 0 saturated heterocycles. The van der Waals surface area contributed by atoms with Crippen molar-refractivity contribution in [2.45, 2.75) is 0 Å². The molecule has 0 spiro atoms. The quantitative estimate of drug-likeness (QED) is 0.741. The lowest BCUT2D eigenvalue weighted by atomic mass is 10.1. The number of hydrogen-bond donors (Lipinski definition) is 1. The number of benzene rings is 2. The fraction of sp³-hybridized carbons (Fsp3) is 0.0556. The van der Waals surface area contributed by atoms with E-state index in [4.69, 9.17) is 0 Å². The highest BCUT2D eigenvalue weighted by Gasteiger charge is 2.15. The Balaban J connectivity index is 1.75. The van der Waals surface area contributed by atoms with Crippen LogP contribution in [0.4, 0.5) is 14.5 Å². The Labute approximate surface area is 141 Å². The molecule has 126 valence electrons. The van der Waals surface area contributed by atoms with Crippen LogP contribution in [0.1, 0.15) is 26.5 Å². The van der Waals surface area contributed by atoms with Crippen LogP contribution in [0.15, 0.2) is 54.9 Å². The van der Waals surface area contributed by atoms with Crippen molar-refractivity contribution in [1.82, 2.24) is 9.55 Å². The smallest absolute Gasteiger partial charge is 0.258 e. The Kier molecular flexibility index (Phi) is 4.38. The molecule has 0 radical (unpaired) electrons. The topological polar surface area (TPSA) is 64.0 Å². The number of nitrogens with zero attached hydrogens (tertiary/aromatic N) is 2. The molecule has 1 N–H and O–H groups in total. The molecule has 3 aromatic rings. The van der Waals surface area contributed by atoms with Gasteiger partial charge in [-0.15, -0.1) is 0 Å². The van der Waals surface area contributed by atoms with Crippen LogP contribution >= 0.6 is 0 Å². The molecule has 0 atom stereocenters. The van der Waals surface area contributed by atoms with Crippen molar-refractivity contribution in [2.75, 3.05) is 5.32 Å². The minimum Gasteiger partial charge on any atom is -0.331 e. The molecule has 0 bridgehead atoms. The molecule has 5 nitrogen and oxygen atoms in total. The molecule has 0 saturated carbocycles. The second kappa shape index (κ2) is 6.64. The fourth-order valence-corrected chi connectivity index (χ4v) is 2.29. The number of hydrogen-bond acceptors (Lipinski definition) is 3. The average molecular weight is 341 g/mol. The molecule has 3 rings (SSSR count). The fourth-order valence-electron chi connectivity index (χ4n) is 2.29. The SMILES string of the molecule is Cn1ccnc1C(=O)c1ccc(NC(=O)c2ccc(F)cc2F)cc1. The number of aromatic nitrogens is 2. The lowest BCUT2D eigenvalue weighted by Gasteiger charge is -2.07. The van der Waals surface area contributed by atoms with Crippen molar-refractivity contribution in [3.63, 3.8) is 0 Å². The number of anilines is 1. The molecule has 7 heteroatoms. The van der Waals surface area contributed by atoms with Crippen molar-refractivity contribution >= 4 is 17.4 Å². The van der Waals surface area contributed by atoms with Crippen molar-refractivity contribution in [2.24, 2.45) is 7.05 Å². The molecule has 1 aromatic heterocycles. The standard InChI is InChI=1S/C18H13F2N3O2/c1-23-9-8-21-17(23)16(24)11-2-5-13(6-3-11)22-18(25)14-7-4-12(19)10-15(14)20/h2-10H,1H3,(H,22,25). The van der Waals surface area contributed by atoms with Gasteiger partial charge in [-0.2, -0.15) is 0 Å². The Hall–Kier alpha value is -3.35. The zero-order chi connectivity index (χ0) is 18.0. The van der Waals surface area contributed by atoms with Gasteiger partial charge >= 0.3 is 0 Å². The van der Waals surface area contributed by atoms with E-state index in [1.165, 1.54) is 30.5 Å². The lowest BCUT2D eigenvalue weighted by Crippen LogP contribution is -2.14. The molecule has 2 aromatic carbocycles. The van der Waals surface area contributed by atoms with Crippen LogP contribution < -0.4 is 5.32 Å². The van der Waals surface area contributed by atoms with Crippen molar-refractivity contribution in [3.8, 4) is 0 Å². The predicted octanol–water partition coefficient (Wildman–Crippen LogP) is 3.18. The zero-order valence-corrected chi connectivity index (χ0v) is 13.2. The maximum Gasteiger partial charge on any atom is 0.258 e. The summed E-state index contributed by atoms with van der Waals surface area (Å²) >= 11 is 0. The first-order valence-electron chi connectivity index (χ1n) is 7.34. The number of carbonyl (C=O) groups is 2. The number of nitrogens with one attached hydrogen (secondary N) is 1. The van der Waals surface area contributed by atoms with E-state index in [-0.39, 0.29) is 11.3 Å². The van der Waals surface area contributed by atoms with E-state index in [0.29, 0.717) is 23.1 Å². The van der Waals surface area contributed by atoms with Crippen LogP contribution in [0, 0.1) is 11.6 Å². The van der Waals surface area contributed by atoms with Crippen LogP contribution in [-0.4, -0.2) is 21.2 Å². The summed E-state index contributed by atoms with van der Waals surface area (Å²) < 4.78 is 28.1. The van der Waals surface area contributed by atoms with Crippen LogP contribution in [0.5, 0.6) is 0 Å². The second-order valence-electron chi connectivity index (χ2n) is 5.35. The van der Waals surface area contributed by atoms with Gasteiger partial charge in [-0.3, -0.25) is 9.59 Å². The summed E-state index contributed by atoms with van der Waals surface area (Å²) in [5.41, 5.74) is 0.514. The Morgan fingerprint density at radius 1 is 1.08 bits per heavy atom. The summed E-state index contributed by atoms with van der Waals surface area (Å²) in [6.07, 6.45) is 3.19. The molecular weight excluding hydrogens is 328 g/mol. The van der Waals surface area contributed by atoms with E-state index in [2.05, 4.69) is 10.3 Å². The zero-order valence-electron chi connectivity index (χ0n) is 13.2. The van der Waals surface area contributed by atoms with Crippen LogP contribution in [0.3, 0.4) is 0 Å². The van der Waals surface area contributed by atoms with Crippen LogP contribution in [-0.2, 0) is 7.05 Å². The summed E-state index contributed by atoms with van der Waals surface area (Å²) in [7, 11) is 1.71. The maximum atomic E-state index is 13.6. The third-order valence-corrected chi connectivity index (χ3v) is 3.60. The van der Waals surface area contributed by atoms with Gasteiger partial charge in [-0.1, -0.05) is 0 Å². The van der Waals surface area contributed by atoms with Crippen molar-refractivity contribution in [1.29, 1.82) is 0 Å². The first kappa shape index (κ1) is 16.5. The first-order chi connectivity index (χ1) is 12.0. The van der Waals surface area contributed by atoms with E-state index in [1.807, 2.05) is 0 Å². The monoisotopic (exact) mass is 341 g/mol. The summed E-state index contributed by atoms with van der Waals surface area (Å²) in [4.78, 5) is 28.3. The van der Waals surface area contributed by atoms with Gasteiger partial charge in [0, 0.05) is 36.8 Å². The van der Waals surface area contributed by atoms with Crippen LogP contribution in [0.2, 0.25) is 0 Å². The lowest BCUT2D eigenvalue weighted by molar-refractivity contribution is 0.101. The molecule has 25 heavy (non-hydrogen) atoms. The van der Waals surface area contributed by atoms with Crippen molar-refractivity contribution < 1.29 is 18.4 Å². The largest absolute Gasteiger partial charge is 0.331 e. The molecule has 0 aliphatic carbocycles. The number of carbonyl (C=O) groups excluding carboxylic acids is 2. The Morgan fingerprint density at radius 2 is 1.80 bits per heavy atom. The molecule has 1 heterocycles. The van der Waals surface area contributed by atoms with Crippen LogP contribution in [0.25, 0.3) is 0 Å². The molecule has 0 unspecified atom stereocenters. The highest BCUT2D eigenvalue weighted by molar-refractivity contribution is 6.07. The van der Waals surface area contributed by atoms with Gasteiger partial charge in [0.1, 0.15) is 11.6 Å². The summed E-state index contributed by atoms with van der Waals surface area (Å²) in [5.74, 6) is -2.37. The van der Waals surface area contributed by atoms with E-state index in [9.17, 15) is 18.4 Å². The second-order valence-corrected chi connectivity index (χ2v) is 5.35. The minimum atomic E-state index is -0.945. The highest BCUT2D eigenvalue weighted by atomic mass is 19.1. The Morgan fingerprint density at radius 3 is 2.40 bits per heavy atom. The van der Waals surface area contributed by atoms with Gasteiger partial charge in [0.2, 0.25) is 5.78 Å². The van der Waals surface area contributed by atoms with Gasteiger partial charge in [-0.25, -0.2) is 13.8 Å². The number of imidazole rings is 1. The molecule has 0 fully saturated rings. The number of amides is 1. The number of aryl methyl sites for hydroxylation is 1. The Bertz CT molecular complexity index is 949. The third kappa shape index (κ3) is 3.45. The first-order valence-corrected chi connectivity index (χ1v) is 7.34. The average Bonchev–Trinajstić information content (AvgIpc) is 3.00. The third-order valence-electron chi connectivity index (χ3n) is 3.60. The molecule has 1 amide bonds. The normalized spacial score (nSPS) is 10.5. The van der Waals surface area contributed by atoms with Gasteiger partial charge in [0.15, 0.2) is 5.82 Å². The molecular formula is C18H13F2N3O2. The molecule has 0 aliphatic rings. The number of halogens is 2. The summed E-state index contributed by atoms with van der Waals surface area (Å²) in [6, 6.07) is 8.83. The maximum absolute atomic E-state index is 13.6. The van der Waals surface area contributed by atoms with Gasteiger partial charge in [-0.05, 0) is 36.4 Å². The highest BCUT2D eigenvalue weighted by Crippen LogP contribution is 2.16. The van der Waals surface area contributed by atoms with Gasteiger partial charge in [0.25, 0.3) is 5.91 Å². The number of ketones is 1. The predicted molar refractivity (Wildman–Crippen MR) is 87.4 cm³/mol. The minimum absolute atomic E-state index is 0.255. The number of rotatable bonds is 4. The van der Waals surface area contributed by atoms with E-state index in [1.54, 1.807) is 17.8 Å². The van der Waals surface area contributed by atoms with Crippen molar-refractivity contribution in [3.05, 3.63) is 83.4 Å². The van der Waals surface area contributed by atoms with E-state index < -0.39 is 17.5 Å². The summed E-state index contributed by atoms with van der Waals surface area (Å²) in [5, 5.41) is 2.50. The van der Waals surface area contributed by atoms with E-state index >= 15 is 0 Å². The van der Waals surface area contributed by atoms with Gasteiger partial charge < -0.3 is 9.88 Å².